The van der Waals surface area contributed by atoms with Crippen LogP contribution in [0.25, 0.3) is 22.2 Å². The number of fused-ring (bicyclic) bond motifs is 5. The molecular weight excluding hydrogens is 599 g/mol. The highest BCUT2D eigenvalue weighted by atomic mass is 31.2. The third-order valence-corrected chi connectivity index (χ3v) is 8.53. The molecule has 3 fully saturated rings. The number of aromatic amines is 1. The molecule has 4 aromatic heterocycles. The van der Waals surface area contributed by atoms with Crippen molar-refractivity contribution in [2.24, 2.45) is 5.92 Å². The zero-order valence-electron chi connectivity index (χ0n) is 22.0. The van der Waals surface area contributed by atoms with Crippen molar-refractivity contribution in [2.75, 3.05) is 18.1 Å². The summed E-state index contributed by atoms with van der Waals surface area (Å²) in [6, 6.07) is 1.65. The van der Waals surface area contributed by atoms with Crippen LogP contribution in [0.5, 0.6) is 0 Å². The van der Waals surface area contributed by atoms with Crippen LogP contribution in [0.15, 0.2) is 29.7 Å². The Morgan fingerprint density at radius 2 is 1.88 bits per heavy atom. The van der Waals surface area contributed by atoms with E-state index in [4.69, 9.17) is 34.7 Å². The predicted molar refractivity (Wildman–Crippen MR) is 142 cm³/mol. The van der Waals surface area contributed by atoms with Crippen molar-refractivity contribution in [3.05, 3.63) is 35.3 Å². The Hall–Kier alpha value is -3.42. The Morgan fingerprint density at radius 3 is 2.72 bits per heavy atom. The highest BCUT2D eigenvalue weighted by Gasteiger charge is 2.52. The van der Waals surface area contributed by atoms with Gasteiger partial charge in [-0.2, -0.15) is 4.98 Å². The van der Waals surface area contributed by atoms with Gasteiger partial charge in [0.2, 0.25) is 5.95 Å². The first-order chi connectivity index (χ1) is 20.7. The molecule has 3 aliphatic rings. The number of nitrogens with one attached hydrogen (secondary N) is 1. The van der Waals surface area contributed by atoms with E-state index in [0.717, 1.165) is 0 Å². The molecule has 4 aromatic rings. The average molecular weight is 625 g/mol. The van der Waals surface area contributed by atoms with Crippen LogP contribution in [-0.4, -0.2) is 87.8 Å². The summed E-state index contributed by atoms with van der Waals surface area (Å²) in [6.07, 6.45) is -7.87. The molecule has 10 atom stereocenters. The van der Waals surface area contributed by atoms with Crippen molar-refractivity contribution in [3.8, 4) is 0 Å². The number of aromatic nitrogens is 7. The first-order valence-electron chi connectivity index (χ1n) is 13.2. The van der Waals surface area contributed by atoms with Crippen LogP contribution in [0.3, 0.4) is 0 Å². The number of anilines is 2. The van der Waals surface area contributed by atoms with Gasteiger partial charge in [0, 0.05) is 12.1 Å². The Morgan fingerprint density at radius 1 is 1.05 bits per heavy atom. The molecule has 43 heavy (non-hydrogen) atoms. The Balaban J connectivity index is 1.15. The van der Waals surface area contributed by atoms with Crippen LogP contribution in [-0.2, 0) is 23.3 Å². The van der Waals surface area contributed by atoms with Gasteiger partial charge in [0.05, 0.1) is 24.4 Å². The smallest absolute Gasteiger partial charge is 0.330 e. The summed E-state index contributed by atoms with van der Waals surface area (Å²) in [5.41, 5.74) is 11.2. The fourth-order valence-electron chi connectivity index (χ4n) is 5.70. The lowest BCUT2D eigenvalue weighted by atomic mass is 9.93. The summed E-state index contributed by atoms with van der Waals surface area (Å²) in [4.78, 5) is 41.4. The van der Waals surface area contributed by atoms with Gasteiger partial charge in [-0.1, -0.05) is 0 Å². The minimum absolute atomic E-state index is 0.0376. The first-order valence-corrected chi connectivity index (χ1v) is 14.3. The molecule has 3 aliphatic heterocycles. The van der Waals surface area contributed by atoms with Gasteiger partial charge in [-0.05, 0) is 18.9 Å². The van der Waals surface area contributed by atoms with Crippen LogP contribution >= 0.6 is 8.60 Å². The molecule has 7 heterocycles. The monoisotopic (exact) mass is 625 g/mol. The Bertz CT molecular complexity index is 1710. The molecule has 17 nitrogen and oxygen atoms in total. The second kappa shape index (κ2) is 10.9. The standard InChI is InChI=1S/C23H26F2N9O8P/c24-12-8-1-2-11(35)40-22-13(25)15(21(41-22)34-7-30-14-18(34)31-23(27)32-19(14)36)42-43(37)38-5-10(8)39-20(12)33-4-3-9-16(26)28-6-29-17(9)33/h3-4,6-8,10-13,15,20-22,35,37H,1-2,5H2,(H2,26,28,29)(H3,27,31,32,36)/t8-,10-,11?,12+,13-,15-,20-,21-,22?,43?/m1/s1. The van der Waals surface area contributed by atoms with E-state index in [9.17, 15) is 14.8 Å². The Labute approximate surface area is 240 Å². The van der Waals surface area contributed by atoms with Crippen LogP contribution < -0.4 is 17.0 Å². The summed E-state index contributed by atoms with van der Waals surface area (Å²) in [6.45, 7) is -0.322. The molecule has 0 aliphatic carbocycles. The fourth-order valence-corrected chi connectivity index (χ4v) is 6.46. The van der Waals surface area contributed by atoms with Crippen LogP contribution in [0.2, 0.25) is 0 Å². The number of ether oxygens (including phenoxy) is 3. The zero-order valence-corrected chi connectivity index (χ0v) is 22.9. The van der Waals surface area contributed by atoms with E-state index in [2.05, 4.69) is 24.9 Å². The molecule has 3 saturated heterocycles. The molecule has 230 valence electrons. The average Bonchev–Trinajstić information content (AvgIpc) is 3.72. The maximum absolute atomic E-state index is 15.9. The summed E-state index contributed by atoms with van der Waals surface area (Å²) in [5, 5.41) is 11.2. The van der Waals surface area contributed by atoms with E-state index in [1.807, 2.05) is 0 Å². The van der Waals surface area contributed by atoms with E-state index in [1.165, 1.54) is 21.8 Å². The third kappa shape index (κ3) is 4.91. The van der Waals surface area contributed by atoms with Gasteiger partial charge >= 0.3 is 8.60 Å². The quantitative estimate of drug-likeness (QED) is 0.191. The number of nitrogens with two attached hydrogens (primary N) is 2. The van der Waals surface area contributed by atoms with Crippen molar-refractivity contribution in [1.29, 1.82) is 0 Å². The van der Waals surface area contributed by atoms with Crippen LogP contribution in [0, 0.1) is 5.92 Å². The second-order valence-corrected chi connectivity index (χ2v) is 11.2. The normalized spacial score (nSPS) is 35.4. The summed E-state index contributed by atoms with van der Waals surface area (Å²) in [7, 11) is -2.77. The number of imidazole rings is 1. The van der Waals surface area contributed by atoms with E-state index < -0.39 is 69.7 Å². The number of hydrogen-bond acceptors (Lipinski definition) is 14. The SMILES string of the molecule is Nc1nc2c(ncn2[C@@H]2OC3OC(O)CC[C@H]4[C@H](F)[C@H](n5ccc6c(N)ncnc65)O[C@@H]4COP(O)O[C@@H]2[C@H]3F)c(=O)[nH]1. The molecule has 20 heteroatoms. The van der Waals surface area contributed by atoms with Crippen LogP contribution in [0.4, 0.5) is 20.5 Å². The number of hydrogen-bond donors (Lipinski definition) is 5. The number of aliphatic hydroxyl groups excluding tert-OH is 1. The zero-order chi connectivity index (χ0) is 30.0. The lowest BCUT2D eigenvalue weighted by Gasteiger charge is -2.24. The maximum atomic E-state index is 15.9. The van der Waals surface area contributed by atoms with E-state index in [0.29, 0.717) is 11.0 Å². The number of nitrogens with zero attached hydrogens (tertiary/aromatic N) is 6. The van der Waals surface area contributed by atoms with Gasteiger partial charge < -0.3 is 49.3 Å². The lowest BCUT2D eigenvalue weighted by molar-refractivity contribution is -0.243. The first kappa shape index (κ1) is 28.4. The molecule has 0 amide bonds. The summed E-state index contributed by atoms with van der Waals surface area (Å²) in [5.74, 6) is -0.811. The van der Waals surface area contributed by atoms with Gasteiger partial charge in [-0.15, -0.1) is 0 Å². The fraction of sp³-hybridized carbons (Fsp3) is 0.522. The highest BCUT2D eigenvalue weighted by molar-refractivity contribution is 7.40. The molecule has 0 spiro atoms. The minimum Gasteiger partial charge on any atom is -0.383 e. The second-order valence-electron chi connectivity index (χ2n) is 10.3. The lowest BCUT2D eigenvalue weighted by Crippen LogP contribution is -2.33. The van der Waals surface area contributed by atoms with Crippen molar-refractivity contribution < 1.29 is 42.0 Å². The summed E-state index contributed by atoms with van der Waals surface area (Å²) < 4.78 is 62.6. The number of nitrogen functional groups attached to an aromatic ring is 2. The van der Waals surface area contributed by atoms with Crippen molar-refractivity contribution in [2.45, 2.75) is 62.4 Å². The molecule has 0 aromatic carbocycles. The van der Waals surface area contributed by atoms with E-state index in [-0.39, 0.29) is 42.4 Å². The Kier molecular flexibility index (Phi) is 7.21. The van der Waals surface area contributed by atoms with Gasteiger partial charge in [0.15, 0.2) is 48.5 Å². The van der Waals surface area contributed by atoms with Gasteiger partial charge in [0.1, 0.15) is 23.9 Å². The van der Waals surface area contributed by atoms with Crippen molar-refractivity contribution in [3.63, 3.8) is 0 Å². The van der Waals surface area contributed by atoms with E-state index in [1.54, 1.807) is 12.3 Å². The molecule has 7 N–H and O–H groups in total. The maximum Gasteiger partial charge on any atom is 0.330 e. The van der Waals surface area contributed by atoms with Gasteiger partial charge in [-0.3, -0.25) is 14.3 Å². The third-order valence-electron chi connectivity index (χ3n) is 7.74. The number of alkyl halides is 2. The number of halogens is 2. The number of H-pyrrole nitrogens is 1. The van der Waals surface area contributed by atoms with Crippen molar-refractivity contribution in [1.82, 2.24) is 34.1 Å². The van der Waals surface area contributed by atoms with Gasteiger partial charge in [0.25, 0.3) is 5.56 Å². The molecule has 3 unspecified atom stereocenters. The topological polar surface area (TPSA) is 233 Å². The van der Waals surface area contributed by atoms with Crippen LogP contribution in [0.1, 0.15) is 25.3 Å². The highest BCUT2D eigenvalue weighted by Crippen LogP contribution is 2.47. The summed E-state index contributed by atoms with van der Waals surface area (Å²) >= 11 is 0. The molecular formula is C23H26F2N9O8P. The molecule has 0 radical (unpaired) electrons. The molecule has 7 rings (SSSR count). The van der Waals surface area contributed by atoms with Gasteiger partial charge in [-0.25, -0.2) is 23.7 Å². The van der Waals surface area contributed by atoms with Crippen molar-refractivity contribution >= 4 is 42.6 Å². The number of aliphatic hydroxyl groups is 1. The predicted octanol–water partition coefficient (Wildman–Crippen LogP) is 0.523. The number of rotatable bonds is 2. The van der Waals surface area contributed by atoms with E-state index >= 15 is 8.78 Å². The minimum atomic E-state index is -2.77. The molecule has 2 bridgehead atoms. The largest absolute Gasteiger partial charge is 0.383 e. The molecule has 0 saturated carbocycles.